The number of piperazine rings is 1. The van der Waals surface area contributed by atoms with E-state index in [0.717, 1.165) is 60.8 Å². The second-order valence-electron chi connectivity index (χ2n) is 8.93. The van der Waals surface area contributed by atoms with E-state index in [2.05, 4.69) is 20.9 Å². The number of nitrogens with zero attached hydrogens (tertiary/aromatic N) is 5. The summed E-state index contributed by atoms with van der Waals surface area (Å²) in [6.45, 7) is 7.79. The zero-order chi connectivity index (χ0) is 21.4. The maximum absolute atomic E-state index is 12.4. The summed E-state index contributed by atoms with van der Waals surface area (Å²) < 4.78 is 5.78. The number of ether oxygens (including phenoxy) is 1. The minimum atomic E-state index is 0.0784. The zero-order valence-electron chi connectivity index (χ0n) is 18.3. The summed E-state index contributed by atoms with van der Waals surface area (Å²) in [5, 5.41) is 0. The predicted molar refractivity (Wildman–Crippen MR) is 120 cm³/mol. The van der Waals surface area contributed by atoms with Crippen molar-refractivity contribution in [2.45, 2.75) is 45.8 Å². The fraction of sp³-hybridized carbons (Fsp3) is 0.500. The number of fused-ring (bicyclic) bond motifs is 1. The smallest absolute Gasteiger partial charge is 0.222 e. The van der Waals surface area contributed by atoms with Gasteiger partial charge in [-0.15, -0.1) is 0 Å². The number of anilines is 1. The van der Waals surface area contributed by atoms with E-state index in [1.807, 2.05) is 43.3 Å². The van der Waals surface area contributed by atoms with Gasteiger partial charge in [0, 0.05) is 67.8 Å². The molecule has 2 aromatic rings. The summed E-state index contributed by atoms with van der Waals surface area (Å²) in [4.78, 5) is 30.5. The molecule has 31 heavy (non-hydrogen) atoms. The van der Waals surface area contributed by atoms with Crippen LogP contribution in [0.3, 0.4) is 0 Å². The van der Waals surface area contributed by atoms with Crippen LogP contribution in [0.1, 0.15) is 49.8 Å². The first-order valence-corrected chi connectivity index (χ1v) is 11.3. The number of hydrogen-bond donors (Lipinski definition) is 0. The molecule has 3 aliphatic rings. The van der Waals surface area contributed by atoms with Crippen molar-refractivity contribution in [3.8, 4) is 5.88 Å². The van der Waals surface area contributed by atoms with Crippen molar-refractivity contribution in [3.63, 3.8) is 0 Å². The highest BCUT2D eigenvalue weighted by molar-refractivity contribution is 6.15. The maximum atomic E-state index is 12.4. The summed E-state index contributed by atoms with van der Waals surface area (Å²) in [5.41, 5.74) is 4.22. The van der Waals surface area contributed by atoms with Gasteiger partial charge < -0.3 is 14.5 Å². The van der Waals surface area contributed by atoms with Gasteiger partial charge >= 0.3 is 0 Å². The Morgan fingerprint density at radius 1 is 1.16 bits per heavy atom. The maximum Gasteiger partial charge on any atom is 0.222 e. The van der Waals surface area contributed by atoms with E-state index in [1.165, 1.54) is 12.8 Å². The first kappa shape index (κ1) is 20.0. The van der Waals surface area contributed by atoms with Crippen LogP contribution in [0.15, 0.2) is 35.6 Å². The van der Waals surface area contributed by atoms with Crippen LogP contribution in [0.4, 0.5) is 5.82 Å². The highest BCUT2D eigenvalue weighted by Crippen LogP contribution is 2.33. The van der Waals surface area contributed by atoms with Crippen LogP contribution in [0.2, 0.25) is 0 Å². The van der Waals surface area contributed by atoms with E-state index in [4.69, 9.17) is 9.73 Å². The molecule has 7 nitrogen and oxygen atoms in total. The molecule has 0 unspecified atom stereocenters. The van der Waals surface area contributed by atoms with Crippen molar-refractivity contribution in [3.05, 3.63) is 47.3 Å². The minimum absolute atomic E-state index is 0.0784. The highest BCUT2D eigenvalue weighted by atomic mass is 16.5. The Labute approximate surface area is 183 Å². The van der Waals surface area contributed by atoms with Gasteiger partial charge in [0.05, 0.1) is 18.4 Å². The molecule has 2 aliphatic heterocycles. The van der Waals surface area contributed by atoms with Gasteiger partial charge in [0.2, 0.25) is 11.8 Å². The van der Waals surface area contributed by atoms with Crippen LogP contribution >= 0.6 is 0 Å². The van der Waals surface area contributed by atoms with Crippen LogP contribution in [0, 0.1) is 5.92 Å². The summed E-state index contributed by atoms with van der Waals surface area (Å²) in [6.07, 6.45) is 6.96. The van der Waals surface area contributed by atoms with Gasteiger partial charge in [0.15, 0.2) is 0 Å². The topological polar surface area (TPSA) is 70.9 Å². The molecule has 1 saturated heterocycles. The normalized spacial score (nSPS) is 18.2. The van der Waals surface area contributed by atoms with Gasteiger partial charge in [-0.05, 0) is 44.7 Å². The molecule has 162 valence electrons. The molecule has 1 aliphatic carbocycles. The van der Waals surface area contributed by atoms with Gasteiger partial charge in [0.1, 0.15) is 5.82 Å². The molecule has 0 N–H and O–H groups in total. The van der Waals surface area contributed by atoms with Crippen LogP contribution in [0.25, 0.3) is 0 Å². The summed E-state index contributed by atoms with van der Waals surface area (Å²) >= 11 is 0. The Kier molecular flexibility index (Phi) is 5.34. The number of aromatic nitrogens is 2. The second-order valence-corrected chi connectivity index (χ2v) is 8.93. The quantitative estimate of drug-likeness (QED) is 0.720. The number of rotatable bonds is 6. The average molecular weight is 420 g/mol. The van der Waals surface area contributed by atoms with Crippen molar-refractivity contribution in [1.29, 1.82) is 0 Å². The van der Waals surface area contributed by atoms with Crippen molar-refractivity contribution >= 4 is 17.4 Å². The number of pyridine rings is 2. The number of carbonyl (C=O) groups excluding carboxylic acids is 1. The molecule has 2 fully saturated rings. The molecule has 1 amide bonds. The molecule has 4 heterocycles. The molecule has 2 aromatic heterocycles. The van der Waals surface area contributed by atoms with E-state index < -0.39 is 0 Å². The summed E-state index contributed by atoms with van der Waals surface area (Å²) in [5.74, 6) is 2.52. The molecule has 0 atom stereocenters. The van der Waals surface area contributed by atoms with Crippen molar-refractivity contribution in [1.82, 2.24) is 14.9 Å². The van der Waals surface area contributed by atoms with E-state index >= 15 is 0 Å². The first-order chi connectivity index (χ1) is 15.1. The third kappa shape index (κ3) is 4.40. The highest BCUT2D eigenvalue weighted by Gasteiger charge is 2.29. The lowest BCUT2D eigenvalue weighted by atomic mass is 10.0. The molecular formula is C24H29N5O2. The van der Waals surface area contributed by atoms with E-state index in [0.29, 0.717) is 24.2 Å². The Morgan fingerprint density at radius 2 is 1.97 bits per heavy atom. The fourth-order valence-corrected chi connectivity index (χ4v) is 4.23. The Morgan fingerprint density at radius 3 is 2.71 bits per heavy atom. The molecular weight excluding hydrogens is 390 g/mol. The van der Waals surface area contributed by atoms with Crippen molar-refractivity contribution < 1.29 is 9.53 Å². The van der Waals surface area contributed by atoms with Crippen LogP contribution in [-0.2, 0) is 11.3 Å². The molecule has 0 spiro atoms. The monoisotopic (exact) mass is 419 g/mol. The zero-order valence-corrected chi connectivity index (χ0v) is 18.3. The third-order valence-corrected chi connectivity index (χ3v) is 6.12. The molecule has 5 rings (SSSR count). The molecule has 0 bridgehead atoms. The number of carbonyl (C=O) groups is 1. The summed E-state index contributed by atoms with van der Waals surface area (Å²) in [7, 11) is 0. The van der Waals surface area contributed by atoms with Crippen molar-refractivity contribution in [2.24, 2.45) is 10.9 Å². The Hall–Kier alpha value is -2.96. The molecule has 1 saturated carbocycles. The SMILES string of the molecule is CC(C)Oc1cc2c(cn1)CN=C2c1ccnc(N2CCN(C(=O)CC3CC3)CC2)c1. The van der Waals surface area contributed by atoms with Gasteiger partial charge in [-0.3, -0.25) is 9.79 Å². The molecule has 7 heteroatoms. The number of amides is 1. The fourth-order valence-electron chi connectivity index (χ4n) is 4.23. The second kappa shape index (κ2) is 8.29. The number of hydrogen-bond acceptors (Lipinski definition) is 6. The van der Waals surface area contributed by atoms with E-state index in [-0.39, 0.29) is 6.10 Å². The van der Waals surface area contributed by atoms with Crippen LogP contribution in [-0.4, -0.2) is 58.8 Å². The van der Waals surface area contributed by atoms with Gasteiger partial charge in [-0.25, -0.2) is 9.97 Å². The lowest BCUT2D eigenvalue weighted by molar-refractivity contribution is -0.131. The predicted octanol–water partition coefficient (Wildman–Crippen LogP) is 3.06. The van der Waals surface area contributed by atoms with Crippen molar-refractivity contribution in [2.75, 3.05) is 31.1 Å². The third-order valence-electron chi connectivity index (χ3n) is 6.12. The lowest BCUT2D eigenvalue weighted by Crippen LogP contribution is -2.49. The largest absolute Gasteiger partial charge is 0.475 e. The van der Waals surface area contributed by atoms with Crippen LogP contribution < -0.4 is 9.64 Å². The van der Waals surface area contributed by atoms with E-state index in [1.54, 1.807) is 0 Å². The van der Waals surface area contributed by atoms with Crippen LogP contribution in [0.5, 0.6) is 5.88 Å². The number of aliphatic imine (C=N–C) groups is 1. The molecule has 0 radical (unpaired) electrons. The minimum Gasteiger partial charge on any atom is -0.475 e. The Balaban J connectivity index is 1.29. The van der Waals surface area contributed by atoms with Gasteiger partial charge in [-0.1, -0.05) is 0 Å². The molecule has 0 aromatic carbocycles. The van der Waals surface area contributed by atoms with E-state index in [9.17, 15) is 4.79 Å². The Bertz CT molecular complexity index is 1010. The van der Waals surface area contributed by atoms with Gasteiger partial charge in [0.25, 0.3) is 0 Å². The first-order valence-electron chi connectivity index (χ1n) is 11.3. The lowest BCUT2D eigenvalue weighted by Gasteiger charge is -2.35. The average Bonchev–Trinajstić information content (AvgIpc) is 3.49. The summed E-state index contributed by atoms with van der Waals surface area (Å²) in [6, 6.07) is 6.11. The standard InChI is InChI=1S/C24H29N5O2/c1-16(2)31-22-13-20-19(14-26-22)15-27-24(20)18-5-6-25-21(12-18)28-7-9-29(10-8-28)23(30)11-17-3-4-17/h5-6,12-14,16-17H,3-4,7-11,15H2,1-2H3. The van der Waals surface area contributed by atoms with Gasteiger partial charge in [-0.2, -0.15) is 0 Å².